The fourth-order valence-corrected chi connectivity index (χ4v) is 3.76. The lowest BCUT2D eigenvalue weighted by Crippen LogP contribution is -2.44. The van der Waals surface area contributed by atoms with E-state index in [-0.39, 0.29) is 5.91 Å². The van der Waals surface area contributed by atoms with Crippen LogP contribution < -0.4 is 5.32 Å². The molecule has 0 spiro atoms. The first-order chi connectivity index (χ1) is 12.1. The first-order valence-corrected chi connectivity index (χ1v) is 9.50. The van der Waals surface area contributed by atoms with E-state index in [4.69, 9.17) is 4.74 Å². The number of benzene rings is 1. The van der Waals surface area contributed by atoms with Crippen molar-refractivity contribution in [3.63, 3.8) is 0 Å². The maximum absolute atomic E-state index is 12.4. The van der Waals surface area contributed by atoms with Crippen LogP contribution >= 0.6 is 0 Å². The number of piperidine rings is 1. The third kappa shape index (κ3) is 5.27. The maximum Gasteiger partial charge on any atom is 0.238 e. The normalized spacial score (nSPS) is 20.6. The Morgan fingerprint density at radius 3 is 2.56 bits per heavy atom. The number of carbonyl (C=O) groups is 1. The number of hydrogen-bond donors (Lipinski definition) is 1. The van der Waals surface area contributed by atoms with Gasteiger partial charge in [-0.3, -0.25) is 14.6 Å². The molecule has 0 aromatic heterocycles. The van der Waals surface area contributed by atoms with Gasteiger partial charge in [0, 0.05) is 25.3 Å². The molecule has 0 aliphatic carbocycles. The number of carbonyl (C=O) groups excluding carboxylic acids is 1. The Morgan fingerprint density at radius 1 is 1.12 bits per heavy atom. The van der Waals surface area contributed by atoms with E-state index in [1.807, 2.05) is 12.1 Å². The Balaban J connectivity index is 1.41. The van der Waals surface area contributed by atoms with Crippen molar-refractivity contribution in [2.75, 3.05) is 57.8 Å². The number of aryl methyl sites for hydroxylation is 1. The van der Waals surface area contributed by atoms with Crippen molar-refractivity contribution in [3.8, 4) is 0 Å². The Hall–Kier alpha value is -1.43. The molecule has 25 heavy (non-hydrogen) atoms. The van der Waals surface area contributed by atoms with Crippen LogP contribution in [0, 0.1) is 19.8 Å². The van der Waals surface area contributed by atoms with Gasteiger partial charge in [0.15, 0.2) is 0 Å². The minimum atomic E-state index is 0.0975. The molecule has 2 fully saturated rings. The van der Waals surface area contributed by atoms with E-state index >= 15 is 0 Å². The molecule has 3 rings (SSSR count). The van der Waals surface area contributed by atoms with Gasteiger partial charge in [0.1, 0.15) is 0 Å². The van der Waals surface area contributed by atoms with Crippen molar-refractivity contribution in [2.24, 2.45) is 5.92 Å². The van der Waals surface area contributed by atoms with Crippen LogP contribution in [-0.4, -0.2) is 68.2 Å². The molecule has 0 unspecified atom stereocenters. The molecular weight excluding hydrogens is 314 g/mol. The summed E-state index contributed by atoms with van der Waals surface area (Å²) in [5, 5.41) is 3.07. The Bertz CT molecular complexity index is 576. The monoisotopic (exact) mass is 345 g/mol. The van der Waals surface area contributed by atoms with Gasteiger partial charge in [-0.1, -0.05) is 12.1 Å². The molecule has 5 heteroatoms. The molecule has 1 aromatic carbocycles. The molecule has 5 nitrogen and oxygen atoms in total. The zero-order valence-corrected chi connectivity index (χ0v) is 15.6. The number of morpholine rings is 1. The molecule has 2 aliphatic rings. The quantitative estimate of drug-likeness (QED) is 0.889. The number of amides is 1. The number of rotatable bonds is 5. The van der Waals surface area contributed by atoms with Gasteiger partial charge in [0.05, 0.1) is 19.8 Å². The van der Waals surface area contributed by atoms with Crippen LogP contribution in [0.5, 0.6) is 0 Å². The highest BCUT2D eigenvalue weighted by Crippen LogP contribution is 2.20. The largest absolute Gasteiger partial charge is 0.379 e. The summed E-state index contributed by atoms with van der Waals surface area (Å²) in [5.41, 5.74) is 3.30. The van der Waals surface area contributed by atoms with Crippen molar-refractivity contribution in [2.45, 2.75) is 26.7 Å². The number of likely N-dealkylation sites (tertiary alicyclic amines) is 1. The summed E-state index contributed by atoms with van der Waals surface area (Å²) in [6, 6.07) is 6.05. The van der Waals surface area contributed by atoms with Gasteiger partial charge in [-0.2, -0.15) is 0 Å². The summed E-state index contributed by atoms with van der Waals surface area (Å²) in [6.07, 6.45) is 2.38. The van der Waals surface area contributed by atoms with Crippen LogP contribution in [-0.2, 0) is 9.53 Å². The molecule has 1 amide bonds. The summed E-state index contributed by atoms with van der Waals surface area (Å²) in [4.78, 5) is 17.2. The molecule has 0 radical (unpaired) electrons. The fraction of sp³-hybridized carbons (Fsp3) is 0.650. The van der Waals surface area contributed by atoms with E-state index in [2.05, 4.69) is 35.0 Å². The fourth-order valence-electron chi connectivity index (χ4n) is 3.76. The number of nitrogens with zero attached hydrogens (tertiary/aromatic N) is 2. The van der Waals surface area contributed by atoms with E-state index in [0.717, 1.165) is 56.6 Å². The number of anilines is 1. The SMILES string of the molecule is Cc1cccc(NC(=O)CN2CCC(CN3CCOCC3)CC2)c1C. The van der Waals surface area contributed by atoms with Gasteiger partial charge < -0.3 is 10.1 Å². The molecule has 0 bridgehead atoms. The maximum atomic E-state index is 12.4. The first-order valence-electron chi connectivity index (χ1n) is 9.50. The molecule has 2 saturated heterocycles. The number of hydrogen-bond acceptors (Lipinski definition) is 4. The van der Waals surface area contributed by atoms with Crippen LogP contribution in [0.1, 0.15) is 24.0 Å². The van der Waals surface area contributed by atoms with Crippen LogP contribution in [0.2, 0.25) is 0 Å². The zero-order chi connectivity index (χ0) is 17.6. The first kappa shape index (κ1) is 18.4. The van der Waals surface area contributed by atoms with Crippen LogP contribution in [0.3, 0.4) is 0 Å². The second kappa shape index (κ2) is 8.79. The highest BCUT2D eigenvalue weighted by Gasteiger charge is 2.23. The van der Waals surface area contributed by atoms with Crippen molar-refractivity contribution in [3.05, 3.63) is 29.3 Å². The van der Waals surface area contributed by atoms with Crippen molar-refractivity contribution >= 4 is 11.6 Å². The van der Waals surface area contributed by atoms with Crippen LogP contribution in [0.25, 0.3) is 0 Å². The standard InChI is InChI=1S/C20H31N3O2/c1-16-4-3-5-19(17(16)2)21-20(24)15-22-8-6-18(7-9-22)14-23-10-12-25-13-11-23/h3-5,18H,6-15H2,1-2H3,(H,21,24). The molecule has 0 atom stereocenters. The summed E-state index contributed by atoms with van der Waals surface area (Å²) in [7, 11) is 0. The molecule has 0 saturated carbocycles. The van der Waals surface area contributed by atoms with Gasteiger partial charge in [-0.05, 0) is 62.9 Å². The van der Waals surface area contributed by atoms with Crippen LogP contribution in [0.15, 0.2) is 18.2 Å². The molecule has 2 heterocycles. The lowest BCUT2D eigenvalue weighted by molar-refractivity contribution is -0.117. The topological polar surface area (TPSA) is 44.8 Å². The smallest absolute Gasteiger partial charge is 0.238 e. The average molecular weight is 345 g/mol. The third-order valence-corrected chi connectivity index (χ3v) is 5.57. The van der Waals surface area contributed by atoms with Gasteiger partial charge in [0.2, 0.25) is 5.91 Å². The predicted molar refractivity (Wildman–Crippen MR) is 101 cm³/mol. The van der Waals surface area contributed by atoms with Gasteiger partial charge in [0.25, 0.3) is 0 Å². The lowest BCUT2D eigenvalue weighted by Gasteiger charge is -2.35. The zero-order valence-electron chi connectivity index (χ0n) is 15.6. The second-order valence-corrected chi connectivity index (χ2v) is 7.43. The van der Waals surface area contributed by atoms with E-state index < -0.39 is 0 Å². The van der Waals surface area contributed by atoms with Gasteiger partial charge in [-0.25, -0.2) is 0 Å². The molecule has 1 N–H and O–H groups in total. The van der Waals surface area contributed by atoms with E-state index in [1.165, 1.54) is 24.9 Å². The van der Waals surface area contributed by atoms with E-state index in [1.54, 1.807) is 0 Å². The Morgan fingerprint density at radius 2 is 1.84 bits per heavy atom. The minimum Gasteiger partial charge on any atom is -0.379 e. The minimum absolute atomic E-state index is 0.0975. The lowest BCUT2D eigenvalue weighted by atomic mass is 9.96. The Kier molecular flexibility index (Phi) is 6.45. The number of nitrogens with one attached hydrogen (secondary N) is 1. The highest BCUT2D eigenvalue weighted by atomic mass is 16.5. The molecule has 2 aliphatic heterocycles. The Labute approximate surface area is 151 Å². The van der Waals surface area contributed by atoms with E-state index in [9.17, 15) is 4.79 Å². The third-order valence-electron chi connectivity index (χ3n) is 5.57. The van der Waals surface area contributed by atoms with Gasteiger partial charge >= 0.3 is 0 Å². The average Bonchev–Trinajstić information content (AvgIpc) is 2.62. The van der Waals surface area contributed by atoms with Crippen molar-refractivity contribution in [1.82, 2.24) is 9.80 Å². The summed E-state index contributed by atoms with van der Waals surface area (Å²) in [6.45, 7) is 11.7. The molecule has 1 aromatic rings. The number of ether oxygens (including phenoxy) is 1. The predicted octanol–water partition coefficient (Wildman–Crippen LogP) is 2.29. The van der Waals surface area contributed by atoms with E-state index in [0.29, 0.717) is 6.54 Å². The molecular formula is C20H31N3O2. The highest BCUT2D eigenvalue weighted by molar-refractivity contribution is 5.93. The van der Waals surface area contributed by atoms with Crippen molar-refractivity contribution in [1.29, 1.82) is 0 Å². The van der Waals surface area contributed by atoms with Crippen molar-refractivity contribution < 1.29 is 9.53 Å². The summed E-state index contributed by atoms with van der Waals surface area (Å²) >= 11 is 0. The molecule has 138 valence electrons. The summed E-state index contributed by atoms with van der Waals surface area (Å²) < 4.78 is 5.42. The second-order valence-electron chi connectivity index (χ2n) is 7.43. The van der Waals surface area contributed by atoms with Gasteiger partial charge in [-0.15, -0.1) is 0 Å². The summed E-state index contributed by atoms with van der Waals surface area (Å²) in [5.74, 6) is 0.858. The van der Waals surface area contributed by atoms with Crippen LogP contribution in [0.4, 0.5) is 5.69 Å².